The number of carboxylic acids is 1. The molecule has 0 bridgehead atoms. The van der Waals surface area contributed by atoms with Crippen molar-refractivity contribution in [2.45, 2.75) is 13.8 Å². The lowest BCUT2D eigenvalue weighted by molar-refractivity contribution is -0.142. The zero-order valence-corrected chi connectivity index (χ0v) is 22.9. The lowest BCUT2D eigenvalue weighted by atomic mass is 10.1. The molecule has 12 nitrogen and oxygen atoms in total. The van der Waals surface area contributed by atoms with E-state index in [0.29, 0.717) is 72.9 Å². The minimum atomic E-state index is -1.02. The summed E-state index contributed by atoms with van der Waals surface area (Å²) in [5.41, 5.74) is 3.46. The zero-order chi connectivity index (χ0) is 28.5. The number of hydrogen-bond acceptors (Lipinski definition) is 11. The number of anilines is 1. The van der Waals surface area contributed by atoms with Gasteiger partial charge in [-0.2, -0.15) is 5.26 Å². The monoisotopic (exact) mass is 559 g/mol. The van der Waals surface area contributed by atoms with E-state index in [1.165, 1.54) is 0 Å². The predicted molar refractivity (Wildman–Crippen MR) is 146 cm³/mol. The number of rotatable bonds is 19. The number of aliphatic carboxylic acids is 1. The molecule has 0 saturated carbocycles. The Morgan fingerprint density at radius 1 is 1.05 bits per heavy atom. The number of hydrogen-bond donors (Lipinski definition) is 2. The van der Waals surface area contributed by atoms with Crippen molar-refractivity contribution in [2.75, 3.05) is 77.5 Å². The number of nitriles is 1. The van der Waals surface area contributed by atoms with Gasteiger partial charge in [0.2, 0.25) is 5.00 Å². The number of nitrogens with zero attached hydrogens (tertiary/aromatic N) is 5. The first-order valence-corrected chi connectivity index (χ1v) is 13.0. The third-order valence-corrected chi connectivity index (χ3v) is 6.40. The van der Waals surface area contributed by atoms with Crippen LogP contribution in [0, 0.1) is 31.8 Å². The van der Waals surface area contributed by atoms with Gasteiger partial charge in [-0.25, -0.2) is 9.64 Å². The van der Waals surface area contributed by atoms with E-state index in [0.717, 1.165) is 22.6 Å². The molecule has 2 aromatic rings. The third-order valence-electron chi connectivity index (χ3n) is 5.33. The molecule has 0 atom stereocenters. The standard InChI is InChI=1S/C26H33N5O7S/c1-19-16-21(4-5-23(19)29-30-26-22(17-27)20(2)25(28-3)39-26)31(6-9-35-11-8-32)7-10-36-12-13-37-14-15-38-18-24(33)34/h4-5,16,32H,6-15,18H2,1-2H3,(H,33,34). The molecule has 1 aromatic heterocycles. The van der Waals surface area contributed by atoms with Crippen LogP contribution in [0.4, 0.5) is 21.4 Å². The highest BCUT2D eigenvalue weighted by Gasteiger charge is 2.15. The summed E-state index contributed by atoms with van der Waals surface area (Å²) in [7, 11) is 0. The van der Waals surface area contributed by atoms with E-state index >= 15 is 0 Å². The number of benzene rings is 1. The Morgan fingerprint density at radius 2 is 1.69 bits per heavy atom. The molecule has 0 fully saturated rings. The molecule has 0 unspecified atom stereocenters. The van der Waals surface area contributed by atoms with E-state index in [4.69, 9.17) is 35.7 Å². The van der Waals surface area contributed by atoms with Gasteiger partial charge in [0.25, 0.3) is 0 Å². The van der Waals surface area contributed by atoms with Crippen molar-refractivity contribution in [1.29, 1.82) is 5.26 Å². The smallest absolute Gasteiger partial charge is 0.329 e. The van der Waals surface area contributed by atoms with Crippen LogP contribution < -0.4 is 4.90 Å². The van der Waals surface area contributed by atoms with Crippen molar-refractivity contribution in [2.24, 2.45) is 10.2 Å². The van der Waals surface area contributed by atoms with E-state index < -0.39 is 5.97 Å². The molecular weight excluding hydrogens is 526 g/mol. The van der Waals surface area contributed by atoms with Crippen LogP contribution in [-0.2, 0) is 23.7 Å². The van der Waals surface area contributed by atoms with Gasteiger partial charge in [0.1, 0.15) is 17.7 Å². The Balaban J connectivity index is 1.95. The lowest BCUT2D eigenvalue weighted by Crippen LogP contribution is -2.31. The molecular formula is C26H33N5O7S. The second-order valence-electron chi connectivity index (χ2n) is 8.10. The summed E-state index contributed by atoms with van der Waals surface area (Å²) in [5.74, 6) is -1.02. The van der Waals surface area contributed by atoms with Gasteiger partial charge in [-0.1, -0.05) is 0 Å². The molecule has 2 rings (SSSR count). The number of carboxylic acid groups (broad SMARTS) is 1. The fourth-order valence-corrected chi connectivity index (χ4v) is 4.19. The molecule has 1 heterocycles. The van der Waals surface area contributed by atoms with Gasteiger partial charge in [0.05, 0.1) is 70.7 Å². The van der Waals surface area contributed by atoms with Gasteiger partial charge in [-0.15, -0.1) is 21.6 Å². The minimum Gasteiger partial charge on any atom is -0.480 e. The minimum absolute atomic E-state index is 0.0437. The maximum atomic E-state index is 10.4. The van der Waals surface area contributed by atoms with Crippen LogP contribution in [-0.4, -0.2) is 88.7 Å². The number of thiophene rings is 1. The van der Waals surface area contributed by atoms with Crippen molar-refractivity contribution in [1.82, 2.24) is 0 Å². The Bertz CT molecular complexity index is 1170. The summed E-state index contributed by atoms with van der Waals surface area (Å²) in [6, 6.07) is 7.85. The number of aryl methyl sites for hydroxylation is 1. The summed E-state index contributed by atoms with van der Waals surface area (Å²) in [6.07, 6.45) is 0. The maximum absolute atomic E-state index is 10.4. The van der Waals surface area contributed by atoms with Crippen LogP contribution in [0.2, 0.25) is 0 Å². The highest BCUT2D eigenvalue weighted by Crippen LogP contribution is 2.41. The van der Waals surface area contributed by atoms with Gasteiger partial charge in [0, 0.05) is 18.8 Å². The van der Waals surface area contributed by atoms with Crippen LogP contribution in [0.15, 0.2) is 28.4 Å². The number of carbonyl (C=O) groups is 1. The number of aliphatic hydroxyl groups excluding tert-OH is 1. The molecule has 0 amide bonds. The Hall–Kier alpha value is -3.43. The highest BCUT2D eigenvalue weighted by atomic mass is 32.1. The molecule has 0 aliphatic heterocycles. The normalized spacial score (nSPS) is 11.0. The van der Waals surface area contributed by atoms with E-state index in [2.05, 4.69) is 26.0 Å². The summed E-state index contributed by atoms with van der Waals surface area (Å²) < 4.78 is 21.4. The Kier molecular flexibility index (Phi) is 14.6. The van der Waals surface area contributed by atoms with Crippen LogP contribution in [0.3, 0.4) is 0 Å². The number of ether oxygens (including phenoxy) is 4. The van der Waals surface area contributed by atoms with Gasteiger partial charge < -0.3 is 34.1 Å². The van der Waals surface area contributed by atoms with Crippen LogP contribution in [0.5, 0.6) is 0 Å². The van der Waals surface area contributed by atoms with Crippen LogP contribution >= 0.6 is 11.3 Å². The maximum Gasteiger partial charge on any atom is 0.329 e. The van der Waals surface area contributed by atoms with E-state index in [9.17, 15) is 10.1 Å². The average Bonchev–Trinajstić information content (AvgIpc) is 3.24. The Labute approximate surface area is 231 Å². The SMILES string of the molecule is [C-]#[N+]c1sc(N=Nc2ccc(N(CCOCCO)CCOCCOCCOCC(=O)O)cc2C)c(C#N)c1C. The molecule has 0 spiro atoms. The molecule has 39 heavy (non-hydrogen) atoms. The Morgan fingerprint density at radius 3 is 2.28 bits per heavy atom. The van der Waals surface area contributed by atoms with E-state index in [-0.39, 0.29) is 26.4 Å². The topological polar surface area (TPSA) is 151 Å². The molecule has 1 aromatic carbocycles. The summed E-state index contributed by atoms with van der Waals surface area (Å²) in [4.78, 5) is 15.9. The molecule has 13 heteroatoms. The molecule has 0 aliphatic rings. The van der Waals surface area contributed by atoms with Crippen molar-refractivity contribution < 1.29 is 34.0 Å². The zero-order valence-electron chi connectivity index (χ0n) is 22.1. The van der Waals surface area contributed by atoms with Gasteiger partial charge in [0.15, 0.2) is 0 Å². The first-order chi connectivity index (χ1) is 18.9. The van der Waals surface area contributed by atoms with Gasteiger partial charge in [-0.3, -0.25) is 0 Å². The second-order valence-corrected chi connectivity index (χ2v) is 9.08. The fourth-order valence-electron chi connectivity index (χ4n) is 3.33. The average molecular weight is 560 g/mol. The summed E-state index contributed by atoms with van der Waals surface area (Å²) in [5, 5.41) is 36.3. The molecule has 2 N–H and O–H groups in total. The van der Waals surface area contributed by atoms with Gasteiger partial charge >= 0.3 is 5.97 Å². The number of azo groups is 1. The summed E-state index contributed by atoms with van der Waals surface area (Å²) >= 11 is 1.15. The van der Waals surface area contributed by atoms with E-state index in [1.807, 2.05) is 25.1 Å². The third kappa shape index (κ3) is 11.1. The first-order valence-electron chi connectivity index (χ1n) is 12.2. The molecule has 0 aliphatic carbocycles. The quantitative estimate of drug-likeness (QED) is 0.147. The lowest BCUT2D eigenvalue weighted by Gasteiger charge is -2.25. The van der Waals surface area contributed by atoms with E-state index in [1.54, 1.807) is 6.92 Å². The van der Waals surface area contributed by atoms with Gasteiger partial charge in [-0.05, 0) is 43.2 Å². The fraction of sp³-hybridized carbons (Fsp3) is 0.500. The second kappa shape index (κ2) is 18.0. The van der Waals surface area contributed by atoms with Crippen molar-refractivity contribution in [3.05, 3.63) is 46.3 Å². The number of aliphatic hydroxyl groups is 1. The van der Waals surface area contributed by atoms with Crippen molar-refractivity contribution in [3.8, 4) is 6.07 Å². The largest absolute Gasteiger partial charge is 0.480 e. The molecule has 210 valence electrons. The van der Waals surface area contributed by atoms with Crippen LogP contribution in [0.1, 0.15) is 16.7 Å². The molecule has 0 radical (unpaired) electrons. The van der Waals surface area contributed by atoms with Crippen molar-refractivity contribution in [3.63, 3.8) is 0 Å². The molecule has 0 saturated heterocycles. The predicted octanol–water partition coefficient (Wildman–Crippen LogP) is 4.15. The first kappa shape index (κ1) is 31.8. The van der Waals surface area contributed by atoms with Crippen molar-refractivity contribution >= 4 is 38.7 Å². The van der Waals surface area contributed by atoms with Crippen LogP contribution in [0.25, 0.3) is 4.85 Å². The highest BCUT2D eigenvalue weighted by molar-refractivity contribution is 7.20. The summed E-state index contributed by atoms with van der Waals surface area (Å²) in [6.45, 7) is 14.1.